The SMILES string of the molecule is C=CC(=O)Oc1cc(OC(=O)C=C)cc(-c2cc(OC(=O)C=C)cc(OC(=O)C=C)c2C)c1. The summed E-state index contributed by atoms with van der Waals surface area (Å²) >= 11 is 0. The summed E-state index contributed by atoms with van der Waals surface area (Å²) in [7, 11) is 0. The summed E-state index contributed by atoms with van der Waals surface area (Å²) in [4.78, 5) is 46.9. The van der Waals surface area contributed by atoms with Crippen LogP contribution in [0.1, 0.15) is 5.56 Å². The molecule has 0 aromatic heterocycles. The van der Waals surface area contributed by atoms with Gasteiger partial charge in [0.2, 0.25) is 0 Å². The molecule has 2 rings (SSSR count). The van der Waals surface area contributed by atoms with E-state index in [9.17, 15) is 19.2 Å². The molecule has 0 atom stereocenters. The van der Waals surface area contributed by atoms with Gasteiger partial charge in [-0.05, 0) is 41.8 Å². The number of ether oxygens (including phenoxy) is 4. The van der Waals surface area contributed by atoms with Crippen LogP contribution in [0.4, 0.5) is 0 Å². The lowest BCUT2D eigenvalue weighted by molar-refractivity contribution is -0.130. The summed E-state index contributed by atoms with van der Waals surface area (Å²) in [5.41, 5.74) is 1.28. The molecule has 2 aromatic carbocycles. The van der Waals surface area contributed by atoms with Crippen LogP contribution in [0.3, 0.4) is 0 Å². The number of hydrogen-bond acceptors (Lipinski definition) is 8. The highest BCUT2D eigenvalue weighted by molar-refractivity contribution is 5.88. The molecule has 8 nitrogen and oxygen atoms in total. The van der Waals surface area contributed by atoms with Crippen molar-refractivity contribution in [2.75, 3.05) is 0 Å². The van der Waals surface area contributed by atoms with Crippen LogP contribution in [0.2, 0.25) is 0 Å². The van der Waals surface area contributed by atoms with E-state index in [2.05, 4.69) is 26.3 Å². The molecule has 168 valence electrons. The molecule has 0 saturated heterocycles. The Balaban J connectivity index is 2.71. The summed E-state index contributed by atoms with van der Waals surface area (Å²) in [5, 5.41) is 0. The molecule has 8 heteroatoms. The lowest BCUT2D eigenvalue weighted by atomic mass is 9.98. The van der Waals surface area contributed by atoms with Gasteiger partial charge in [-0.15, -0.1) is 0 Å². The van der Waals surface area contributed by atoms with Gasteiger partial charge in [-0.25, -0.2) is 19.2 Å². The Labute approximate surface area is 190 Å². The first kappa shape index (κ1) is 24.5. The van der Waals surface area contributed by atoms with E-state index in [4.69, 9.17) is 18.9 Å². The Hall–Kier alpha value is -4.72. The van der Waals surface area contributed by atoms with Crippen LogP contribution in [0.25, 0.3) is 11.1 Å². The molecular weight excluding hydrogens is 428 g/mol. The lowest BCUT2D eigenvalue weighted by Gasteiger charge is -2.15. The van der Waals surface area contributed by atoms with Crippen LogP contribution in [0.5, 0.6) is 23.0 Å². The Bertz CT molecular complexity index is 1130. The molecule has 0 heterocycles. The van der Waals surface area contributed by atoms with Crippen LogP contribution in [0.15, 0.2) is 81.0 Å². The highest BCUT2D eigenvalue weighted by atomic mass is 16.6. The van der Waals surface area contributed by atoms with Gasteiger partial charge in [0.1, 0.15) is 23.0 Å². The maximum absolute atomic E-state index is 11.8. The maximum Gasteiger partial charge on any atom is 0.335 e. The molecule has 0 fully saturated rings. The molecule has 0 bridgehead atoms. The Morgan fingerprint density at radius 1 is 0.606 bits per heavy atom. The van der Waals surface area contributed by atoms with E-state index in [-0.39, 0.29) is 23.0 Å². The molecule has 0 aliphatic carbocycles. The number of benzene rings is 2. The first-order chi connectivity index (χ1) is 15.7. The van der Waals surface area contributed by atoms with Crippen molar-refractivity contribution >= 4 is 23.9 Å². The van der Waals surface area contributed by atoms with Crippen LogP contribution >= 0.6 is 0 Å². The first-order valence-corrected chi connectivity index (χ1v) is 9.37. The zero-order valence-corrected chi connectivity index (χ0v) is 17.8. The summed E-state index contributed by atoms with van der Waals surface area (Å²) < 4.78 is 20.8. The fourth-order valence-corrected chi connectivity index (χ4v) is 2.60. The molecule has 0 unspecified atom stereocenters. The fourth-order valence-electron chi connectivity index (χ4n) is 2.60. The van der Waals surface area contributed by atoms with Gasteiger partial charge in [0.25, 0.3) is 0 Å². The van der Waals surface area contributed by atoms with Gasteiger partial charge in [0.15, 0.2) is 0 Å². The van der Waals surface area contributed by atoms with Crippen molar-refractivity contribution in [3.63, 3.8) is 0 Å². The van der Waals surface area contributed by atoms with Crippen LogP contribution < -0.4 is 18.9 Å². The molecule has 0 amide bonds. The third-order valence-corrected chi connectivity index (χ3v) is 4.06. The number of carbonyl (C=O) groups excluding carboxylic acids is 4. The summed E-state index contributed by atoms with van der Waals surface area (Å²) in [6.45, 7) is 15.0. The van der Waals surface area contributed by atoms with Crippen molar-refractivity contribution in [2.45, 2.75) is 6.92 Å². The van der Waals surface area contributed by atoms with Crippen LogP contribution in [-0.4, -0.2) is 23.9 Å². The molecule has 0 N–H and O–H groups in total. The van der Waals surface area contributed by atoms with E-state index in [1.54, 1.807) is 6.92 Å². The van der Waals surface area contributed by atoms with Crippen molar-refractivity contribution in [1.29, 1.82) is 0 Å². The zero-order valence-electron chi connectivity index (χ0n) is 17.8. The summed E-state index contributed by atoms with van der Waals surface area (Å²) in [5.74, 6) is -2.72. The van der Waals surface area contributed by atoms with E-state index < -0.39 is 23.9 Å². The minimum absolute atomic E-state index is 0.0433. The van der Waals surface area contributed by atoms with E-state index in [1.807, 2.05) is 0 Å². The number of esters is 4. The van der Waals surface area contributed by atoms with Gasteiger partial charge in [-0.1, -0.05) is 26.3 Å². The van der Waals surface area contributed by atoms with Gasteiger partial charge in [-0.3, -0.25) is 0 Å². The molecule has 33 heavy (non-hydrogen) atoms. The highest BCUT2D eigenvalue weighted by Crippen LogP contribution is 2.38. The smallest absolute Gasteiger partial charge is 0.335 e. The average Bonchev–Trinajstić information content (AvgIpc) is 2.80. The monoisotopic (exact) mass is 448 g/mol. The topological polar surface area (TPSA) is 105 Å². The van der Waals surface area contributed by atoms with E-state index in [1.165, 1.54) is 30.3 Å². The van der Waals surface area contributed by atoms with Gasteiger partial charge in [0.05, 0.1) is 0 Å². The Kier molecular flexibility index (Phi) is 8.22. The summed E-state index contributed by atoms with van der Waals surface area (Å²) in [6.07, 6.45) is 3.88. The minimum Gasteiger partial charge on any atom is -0.423 e. The van der Waals surface area contributed by atoms with Crippen molar-refractivity contribution in [2.24, 2.45) is 0 Å². The van der Waals surface area contributed by atoms with Gasteiger partial charge in [0, 0.05) is 36.4 Å². The summed E-state index contributed by atoms with van der Waals surface area (Å²) in [6, 6.07) is 7.12. The second-order valence-electron chi connectivity index (χ2n) is 6.29. The predicted molar refractivity (Wildman–Crippen MR) is 120 cm³/mol. The zero-order chi connectivity index (χ0) is 24.5. The quantitative estimate of drug-likeness (QED) is 0.322. The standard InChI is InChI=1S/C25H20O8/c1-6-22(26)30-17-10-16(11-18(12-17)31-23(27)7-2)20-13-19(32-24(28)8-3)14-21(15(20)5)33-25(29)9-4/h6-14H,1-4H2,5H3. The van der Waals surface area contributed by atoms with E-state index in [0.717, 1.165) is 24.3 Å². The molecule has 0 aliphatic rings. The van der Waals surface area contributed by atoms with Gasteiger partial charge < -0.3 is 18.9 Å². The minimum atomic E-state index is -0.737. The highest BCUT2D eigenvalue weighted by Gasteiger charge is 2.17. The second-order valence-corrected chi connectivity index (χ2v) is 6.29. The molecule has 0 spiro atoms. The average molecular weight is 448 g/mol. The largest absolute Gasteiger partial charge is 0.423 e. The number of rotatable bonds is 9. The third kappa shape index (κ3) is 6.63. The van der Waals surface area contributed by atoms with Gasteiger partial charge >= 0.3 is 23.9 Å². The van der Waals surface area contributed by atoms with Crippen LogP contribution in [0, 0.1) is 6.92 Å². The van der Waals surface area contributed by atoms with E-state index >= 15 is 0 Å². The predicted octanol–water partition coefficient (Wildman–Crippen LogP) is 4.03. The first-order valence-electron chi connectivity index (χ1n) is 9.37. The molecule has 0 saturated carbocycles. The van der Waals surface area contributed by atoms with Crippen molar-refractivity contribution < 1.29 is 38.1 Å². The Morgan fingerprint density at radius 2 is 1.00 bits per heavy atom. The second kappa shape index (κ2) is 11.1. The number of hydrogen-bond donors (Lipinski definition) is 0. The molecule has 0 radical (unpaired) electrons. The van der Waals surface area contributed by atoms with E-state index in [0.29, 0.717) is 16.7 Å². The number of carbonyl (C=O) groups is 4. The van der Waals surface area contributed by atoms with Gasteiger partial charge in [-0.2, -0.15) is 0 Å². The lowest BCUT2D eigenvalue weighted by Crippen LogP contribution is -2.08. The van der Waals surface area contributed by atoms with Crippen molar-refractivity contribution in [3.05, 3.63) is 86.5 Å². The van der Waals surface area contributed by atoms with Crippen molar-refractivity contribution in [3.8, 4) is 34.1 Å². The fraction of sp³-hybridized carbons (Fsp3) is 0.0400. The van der Waals surface area contributed by atoms with Crippen LogP contribution in [-0.2, 0) is 19.2 Å². The Morgan fingerprint density at radius 3 is 1.42 bits per heavy atom. The maximum atomic E-state index is 11.8. The van der Waals surface area contributed by atoms with Crippen molar-refractivity contribution in [1.82, 2.24) is 0 Å². The molecular formula is C25H20O8. The normalized spacial score (nSPS) is 9.73. The third-order valence-electron chi connectivity index (χ3n) is 4.06. The molecule has 2 aromatic rings. The molecule has 0 aliphatic heterocycles.